The Morgan fingerprint density at radius 3 is 2.29 bits per heavy atom. The third-order valence-electron chi connectivity index (χ3n) is 3.31. The molecule has 0 saturated heterocycles. The Kier molecular flexibility index (Phi) is 3.68. The van der Waals surface area contributed by atoms with E-state index in [9.17, 15) is 14.4 Å². The molecule has 0 aromatic heterocycles. The number of nitrogens with two attached hydrogens (primary N) is 1. The number of benzene rings is 1. The molecule has 1 unspecified atom stereocenters. The van der Waals surface area contributed by atoms with Crippen molar-refractivity contribution < 1.29 is 24.0 Å². The second-order valence-corrected chi connectivity index (χ2v) is 4.51. The quantitative estimate of drug-likeness (QED) is 0.816. The van der Waals surface area contributed by atoms with Gasteiger partial charge < -0.3 is 10.8 Å². The number of amides is 3. The molecule has 2 rings (SSSR count). The minimum absolute atomic E-state index is 0.0521. The molecule has 3 amide bonds. The second kappa shape index (κ2) is 5.29. The van der Waals surface area contributed by atoms with Gasteiger partial charge in [0, 0.05) is 6.08 Å². The molecule has 3 N–H and O–H groups in total. The van der Waals surface area contributed by atoms with Crippen LogP contribution in [0.4, 0.5) is 4.79 Å². The minimum atomic E-state index is -1.08. The van der Waals surface area contributed by atoms with Crippen LogP contribution in [0.15, 0.2) is 41.5 Å². The van der Waals surface area contributed by atoms with Crippen molar-refractivity contribution in [1.29, 1.82) is 0 Å². The van der Waals surface area contributed by atoms with E-state index in [1.807, 2.05) is 0 Å². The van der Waals surface area contributed by atoms with Gasteiger partial charge in [0.15, 0.2) is 0 Å². The Labute approximate surface area is 120 Å². The van der Waals surface area contributed by atoms with Crippen molar-refractivity contribution in [2.75, 3.05) is 6.54 Å². The highest BCUT2D eigenvalue weighted by Gasteiger charge is 2.44. The van der Waals surface area contributed by atoms with E-state index in [4.69, 9.17) is 10.8 Å². The zero-order chi connectivity index (χ0) is 15.6. The van der Waals surface area contributed by atoms with Crippen molar-refractivity contribution >= 4 is 23.7 Å². The molecule has 1 aliphatic rings. The molecule has 108 valence electrons. The van der Waals surface area contributed by atoms with Gasteiger partial charge in [0.2, 0.25) is 0 Å². The first kappa shape index (κ1) is 14.6. The normalized spacial score (nSPS) is 21.0. The summed E-state index contributed by atoms with van der Waals surface area (Å²) in [5, 5.41) is 8.85. The highest BCUT2D eigenvalue weighted by Crippen LogP contribution is 2.21. The van der Waals surface area contributed by atoms with Crippen LogP contribution in [-0.2, 0) is 0 Å². The van der Waals surface area contributed by atoms with Crippen LogP contribution in [0.5, 0.6) is 0 Å². The van der Waals surface area contributed by atoms with Crippen LogP contribution in [0.2, 0.25) is 0 Å². The van der Waals surface area contributed by atoms with Crippen LogP contribution < -0.4 is 5.73 Å². The van der Waals surface area contributed by atoms with Gasteiger partial charge in [-0.1, -0.05) is 0 Å². The fourth-order valence-corrected chi connectivity index (χ4v) is 2.03. The maximum atomic E-state index is 12.6. The molecule has 7 heteroatoms. The Morgan fingerprint density at radius 2 is 1.81 bits per heavy atom. The smallest absolute Gasteiger partial charge is 0.456 e. The molecule has 1 heterocycles. The summed E-state index contributed by atoms with van der Waals surface area (Å²) >= 11 is 0. The number of rotatable bonds is 3. The summed E-state index contributed by atoms with van der Waals surface area (Å²) in [4.78, 5) is 39.1. The zero-order valence-corrected chi connectivity index (χ0v) is 11.3. The number of carboxylic acids is 1. The summed E-state index contributed by atoms with van der Waals surface area (Å²) in [5.74, 6) is -1.51. The van der Waals surface area contributed by atoms with Gasteiger partial charge in [0.05, 0.1) is 17.7 Å². The number of aromatic carboxylic acids is 1. The highest BCUT2D eigenvalue weighted by atomic mass is 16.4. The number of aliphatic imine (C=N–C) groups is 1. The number of carbonyl (C=O) groups is 3. The number of nitrogens with zero attached hydrogens (tertiary/aromatic N) is 2. The van der Waals surface area contributed by atoms with Gasteiger partial charge in [-0.15, -0.1) is 9.48 Å². The van der Waals surface area contributed by atoms with Gasteiger partial charge in [-0.05, 0) is 31.2 Å². The van der Waals surface area contributed by atoms with E-state index >= 15 is 0 Å². The fraction of sp³-hybridized carbons (Fsp3) is 0.143. The molecule has 1 aromatic rings. The molecule has 0 fully saturated rings. The lowest BCUT2D eigenvalue weighted by Gasteiger charge is -2.27. The maximum absolute atomic E-state index is 12.6. The Bertz CT molecular complexity index is 676. The van der Waals surface area contributed by atoms with Crippen molar-refractivity contribution in [2.45, 2.75) is 6.92 Å². The monoisotopic (exact) mass is 288 g/mol. The lowest BCUT2D eigenvalue weighted by atomic mass is 10.1. The lowest BCUT2D eigenvalue weighted by molar-refractivity contribution is -0.707. The third kappa shape index (κ3) is 2.46. The number of hydrogen-bond donors (Lipinski definition) is 2. The van der Waals surface area contributed by atoms with Crippen LogP contribution in [0.1, 0.15) is 27.6 Å². The Morgan fingerprint density at radius 1 is 1.24 bits per heavy atom. The largest absolute Gasteiger partial charge is 0.478 e. The van der Waals surface area contributed by atoms with Gasteiger partial charge in [-0.25, -0.2) is 14.4 Å². The van der Waals surface area contributed by atoms with Crippen LogP contribution >= 0.6 is 0 Å². The van der Waals surface area contributed by atoms with Crippen LogP contribution in [0, 0.1) is 0 Å². The number of carbonyl (C=O) groups excluding carboxylic acids is 2. The van der Waals surface area contributed by atoms with E-state index in [2.05, 4.69) is 4.99 Å². The van der Waals surface area contributed by atoms with Crippen LogP contribution in [-0.4, -0.2) is 39.9 Å². The molecular weight excluding hydrogens is 274 g/mol. The average molecular weight is 288 g/mol. The highest BCUT2D eigenvalue weighted by molar-refractivity contribution is 6.05. The zero-order valence-electron chi connectivity index (χ0n) is 11.3. The second-order valence-electron chi connectivity index (χ2n) is 4.51. The minimum Gasteiger partial charge on any atom is -0.478 e. The number of urea groups is 1. The standard InChI is InChI=1S/C14H13N3O4/c1-2-17(8-7-11(15)16-14(17)21)12(18)9-3-5-10(6-4-9)13(19)20/h3-8H,2H2,1H3,(H2-,15,16,19,20,21)/p+1. The number of imide groups is 1. The summed E-state index contributed by atoms with van der Waals surface area (Å²) in [5.41, 5.74) is 5.75. The van der Waals surface area contributed by atoms with E-state index in [-0.39, 0.29) is 23.5 Å². The summed E-state index contributed by atoms with van der Waals surface area (Å²) in [6, 6.07) is 4.73. The molecule has 0 radical (unpaired) electrons. The average Bonchev–Trinajstić information content (AvgIpc) is 2.47. The first-order valence-electron chi connectivity index (χ1n) is 6.24. The Hall–Kier alpha value is -2.80. The van der Waals surface area contributed by atoms with E-state index in [1.165, 1.54) is 36.5 Å². The maximum Gasteiger partial charge on any atom is 0.456 e. The van der Waals surface area contributed by atoms with Crippen LogP contribution in [0.25, 0.3) is 0 Å². The lowest BCUT2D eigenvalue weighted by Crippen LogP contribution is -2.53. The predicted octanol–water partition coefficient (Wildman–Crippen LogP) is 1.37. The molecule has 0 saturated carbocycles. The first-order valence-corrected chi connectivity index (χ1v) is 6.24. The first-order chi connectivity index (χ1) is 9.90. The van der Waals surface area contributed by atoms with E-state index in [0.29, 0.717) is 0 Å². The van der Waals surface area contributed by atoms with E-state index in [1.54, 1.807) is 6.92 Å². The van der Waals surface area contributed by atoms with Crippen molar-refractivity contribution in [3.05, 3.63) is 47.7 Å². The summed E-state index contributed by atoms with van der Waals surface area (Å²) < 4.78 is -0.604. The van der Waals surface area contributed by atoms with E-state index < -0.39 is 22.4 Å². The predicted molar refractivity (Wildman–Crippen MR) is 74.7 cm³/mol. The number of carboxylic acid groups (broad SMARTS) is 1. The van der Waals surface area contributed by atoms with Crippen molar-refractivity contribution in [3.63, 3.8) is 0 Å². The van der Waals surface area contributed by atoms with Gasteiger partial charge in [-0.3, -0.25) is 0 Å². The molecule has 0 spiro atoms. The van der Waals surface area contributed by atoms with E-state index in [0.717, 1.165) is 0 Å². The summed E-state index contributed by atoms with van der Waals surface area (Å²) in [6.07, 6.45) is 2.81. The molecule has 21 heavy (non-hydrogen) atoms. The summed E-state index contributed by atoms with van der Waals surface area (Å²) in [7, 11) is 0. The third-order valence-corrected chi connectivity index (χ3v) is 3.31. The topological polar surface area (TPSA) is 110 Å². The van der Waals surface area contributed by atoms with Gasteiger partial charge >= 0.3 is 17.9 Å². The molecule has 0 bridgehead atoms. The van der Waals surface area contributed by atoms with Crippen molar-refractivity contribution in [1.82, 2.24) is 0 Å². The van der Waals surface area contributed by atoms with Gasteiger partial charge in [0.1, 0.15) is 12.0 Å². The molecule has 1 aliphatic heterocycles. The summed E-state index contributed by atoms with van der Waals surface area (Å²) in [6.45, 7) is 1.87. The van der Waals surface area contributed by atoms with Crippen LogP contribution in [0.3, 0.4) is 0 Å². The molecular formula is C14H14N3O4+. The van der Waals surface area contributed by atoms with Gasteiger partial charge in [-0.2, -0.15) is 0 Å². The molecule has 0 aliphatic carbocycles. The van der Waals surface area contributed by atoms with Gasteiger partial charge in [0.25, 0.3) is 0 Å². The molecule has 1 aromatic carbocycles. The fourth-order valence-electron chi connectivity index (χ4n) is 2.03. The number of hydrogen-bond acceptors (Lipinski definition) is 4. The SMILES string of the molecule is CC[N+]1(C(=O)c2ccc(C(=O)O)cc2)C=CC(N)=NC1=O. The number of quaternary nitrogens is 1. The molecule has 1 atom stereocenters. The molecule has 7 nitrogen and oxygen atoms in total. The van der Waals surface area contributed by atoms with Crippen molar-refractivity contribution in [2.24, 2.45) is 10.7 Å². The Balaban J connectivity index is 2.40. The van der Waals surface area contributed by atoms with Crippen molar-refractivity contribution in [3.8, 4) is 0 Å². The number of amidine groups is 1.